The summed E-state index contributed by atoms with van der Waals surface area (Å²) < 4.78 is 5.22. The molecule has 0 saturated heterocycles. The van der Waals surface area contributed by atoms with Gasteiger partial charge in [0.15, 0.2) is 0 Å². The van der Waals surface area contributed by atoms with Crippen molar-refractivity contribution < 1.29 is 4.74 Å². The number of nitrogens with two attached hydrogens (primary N) is 1. The molecule has 96 valence electrons. The van der Waals surface area contributed by atoms with Crippen molar-refractivity contribution in [3.05, 3.63) is 30.1 Å². The van der Waals surface area contributed by atoms with Crippen molar-refractivity contribution >= 4 is 0 Å². The van der Waals surface area contributed by atoms with E-state index in [0.29, 0.717) is 12.6 Å². The average Bonchev–Trinajstić information content (AvgIpc) is 2.37. The topological polar surface area (TPSA) is 51.4 Å². The number of hydrogen-bond acceptors (Lipinski definition) is 4. The molecule has 17 heavy (non-hydrogen) atoms. The Hall–Kier alpha value is -0.970. The summed E-state index contributed by atoms with van der Waals surface area (Å²) in [7, 11) is 1.73. The van der Waals surface area contributed by atoms with Gasteiger partial charge < -0.3 is 10.5 Å². The number of ether oxygens (including phenoxy) is 1. The highest BCUT2D eigenvalue weighted by Crippen LogP contribution is 2.21. The van der Waals surface area contributed by atoms with Gasteiger partial charge in [-0.15, -0.1) is 0 Å². The second kappa shape index (κ2) is 7.37. The lowest BCUT2D eigenvalue weighted by Crippen LogP contribution is -2.42. The van der Waals surface area contributed by atoms with Gasteiger partial charge in [0, 0.05) is 38.1 Å². The van der Waals surface area contributed by atoms with Crippen LogP contribution < -0.4 is 5.73 Å². The molecule has 0 aliphatic rings. The summed E-state index contributed by atoms with van der Waals surface area (Å²) in [6.07, 6.45) is 3.62. The molecule has 2 atom stereocenters. The maximum Gasteiger partial charge on any atom is 0.0615 e. The van der Waals surface area contributed by atoms with Crippen molar-refractivity contribution in [1.82, 2.24) is 9.88 Å². The van der Waals surface area contributed by atoms with Crippen LogP contribution in [0.3, 0.4) is 0 Å². The van der Waals surface area contributed by atoms with E-state index < -0.39 is 0 Å². The lowest BCUT2D eigenvalue weighted by molar-refractivity contribution is 0.0751. The zero-order valence-corrected chi connectivity index (χ0v) is 11.0. The number of methoxy groups -OCH3 is 1. The molecule has 0 spiro atoms. The molecule has 4 heteroatoms. The van der Waals surface area contributed by atoms with Crippen molar-refractivity contribution in [3.63, 3.8) is 0 Å². The molecular weight excluding hydrogens is 214 g/mol. The third-order valence-electron chi connectivity index (χ3n) is 3.05. The smallest absolute Gasteiger partial charge is 0.0615 e. The number of nitrogens with zero attached hydrogens (tertiary/aromatic N) is 2. The SMILES string of the molecule is CCN(C(C)COC)C(CN)c1ccncc1. The molecule has 2 N–H and O–H groups in total. The number of aromatic nitrogens is 1. The summed E-state index contributed by atoms with van der Waals surface area (Å²) in [5, 5.41) is 0. The first-order valence-corrected chi connectivity index (χ1v) is 6.09. The summed E-state index contributed by atoms with van der Waals surface area (Å²) in [6.45, 7) is 6.59. The highest BCUT2D eigenvalue weighted by molar-refractivity contribution is 5.16. The molecule has 0 bridgehead atoms. The Kier molecular flexibility index (Phi) is 6.11. The van der Waals surface area contributed by atoms with Crippen LogP contribution in [-0.2, 0) is 4.74 Å². The number of likely N-dealkylation sites (N-methyl/N-ethyl adjacent to an activating group) is 1. The normalized spacial score (nSPS) is 14.9. The largest absolute Gasteiger partial charge is 0.383 e. The van der Waals surface area contributed by atoms with Crippen molar-refractivity contribution in [1.29, 1.82) is 0 Å². The Morgan fingerprint density at radius 1 is 1.41 bits per heavy atom. The highest BCUT2D eigenvalue weighted by Gasteiger charge is 2.22. The zero-order valence-electron chi connectivity index (χ0n) is 11.0. The van der Waals surface area contributed by atoms with Gasteiger partial charge in [-0.2, -0.15) is 0 Å². The van der Waals surface area contributed by atoms with Crippen molar-refractivity contribution in [2.45, 2.75) is 25.9 Å². The fourth-order valence-corrected chi connectivity index (χ4v) is 2.22. The molecule has 0 aromatic carbocycles. The Labute approximate surface area is 104 Å². The van der Waals surface area contributed by atoms with E-state index in [1.54, 1.807) is 7.11 Å². The monoisotopic (exact) mass is 237 g/mol. The first kappa shape index (κ1) is 14.1. The standard InChI is InChI=1S/C13H23N3O/c1-4-16(11(2)10-17-3)13(9-14)12-5-7-15-8-6-12/h5-8,11,13H,4,9-10,14H2,1-3H3. The van der Waals surface area contributed by atoms with Crippen LogP contribution >= 0.6 is 0 Å². The predicted molar refractivity (Wildman–Crippen MR) is 69.8 cm³/mol. The zero-order chi connectivity index (χ0) is 12.7. The van der Waals surface area contributed by atoms with E-state index in [4.69, 9.17) is 10.5 Å². The van der Waals surface area contributed by atoms with Crippen LogP contribution in [0.1, 0.15) is 25.5 Å². The molecule has 0 aliphatic heterocycles. The fourth-order valence-electron chi connectivity index (χ4n) is 2.22. The molecule has 1 rings (SSSR count). The third-order valence-corrected chi connectivity index (χ3v) is 3.05. The number of pyridine rings is 1. The Morgan fingerprint density at radius 3 is 2.53 bits per heavy atom. The minimum absolute atomic E-state index is 0.230. The van der Waals surface area contributed by atoms with E-state index in [-0.39, 0.29) is 6.04 Å². The highest BCUT2D eigenvalue weighted by atomic mass is 16.5. The molecule has 0 radical (unpaired) electrons. The van der Waals surface area contributed by atoms with Crippen LogP contribution in [0.15, 0.2) is 24.5 Å². The lowest BCUT2D eigenvalue weighted by atomic mass is 10.1. The van der Waals surface area contributed by atoms with E-state index in [2.05, 4.69) is 23.7 Å². The quantitative estimate of drug-likeness (QED) is 0.779. The number of hydrogen-bond donors (Lipinski definition) is 1. The summed E-state index contributed by atoms with van der Waals surface area (Å²) in [5.41, 5.74) is 7.13. The van der Waals surface area contributed by atoms with Crippen LogP contribution in [0.5, 0.6) is 0 Å². The molecule has 0 amide bonds. The number of rotatable bonds is 7. The first-order valence-electron chi connectivity index (χ1n) is 6.09. The molecule has 1 aromatic rings. The van der Waals surface area contributed by atoms with Crippen LogP contribution in [0.25, 0.3) is 0 Å². The minimum Gasteiger partial charge on any atom is -0.383 e. The minimum atomic E-state index is 0.230. The second-order valence-corrected chi connectivity index (χ2v) is 4.17. The molecule has 0 aliphatic carbocycles. The summed E-state index contributed by atoms with van der Waals surface area (Å²) in [4.78, 5) is 6.40. The van der Waals surface area contributed by atoms with Gasteiger partial charge in [0.2, 0.25) is 0 Å². The van der Waals surface area contributed by atoms with E-state index in [1.165, 1.54) is 5.56 Å². The molecule has 2 unspecified atom stereocenters. The van der Waals surface area contributed by atoms with Gasteiger partial charge in [-0.05, 0) is 31.2 Å². The third kappa shape index (κ3) is 3.77. The molecular formula is C13H23N3O. The van der Waals surface area contributed by atoms with Gasteiger partial charge in [-0.3, -0.25) is 9.88 Å². The molecule has 0 fully saturated rings. The van der Waals surface area contributed by atoms with Crippen molar-refractivity contribution in [2.24, 2.45) is 5.73 Å². The molecule has 4 nitrogen and oxygen atoms in total. The van der Waals surface area contributed by atoms with Crippen LogP contribution in [0.2, 0.25) is 0 Å². The van der Waals surface area contributed by atoms with Crippen molar-refractivity contribution in [3.8, 4) is 0 Å². The van der Waals surface area contributed by atoms with E-state index in [9.17, 15) is 0 Å². The average molecular weight is 237 g/mol. The fraction of sp³-hybridized carbons (Fsp3) is 0.615. The van der Waals surface area contributed by atoms with E-state index in [0.717, 1.165) is 13.2 Å². The second-order valence-electron chi connectivity index (χ2n) is 4.17. The lowest BCUT2D eigenvalue weighted by Gasteiger charge is -2.35. The molecule has 1 aromatic heterocycles. The molecule has 1 heterocycles. The van der Waals surface area contributed by atoms with Crippen LogP contribution in [0.4, 0.5) is 0 Å². The van der Waals surface area contributed by atoms with Gasteiger partial charge in [-0.1, -0.05) is 6.92 Å². The first-order chi connectivity index (χ1) is 8.24. The summed E-state index contributed by atoms with van der Waals surface area (Å²) in [6, 6.07) is 4.64. The maximum atomic E-state index is 5.91. The predicted octanol–water partition coefficient (Wildman–Crippen LogP) is 1.44. The van der Waals surface area contributed by atoms with Gasteiger partial charge in [0.1, 0.15) is 0 Å². The van der Waals surface area contributed by atoms with E-state index in [1.807, 2.05) is 24.5 Å². The van der Waals surface area contributed by atoms with E-state index >= 15 is 0 Å². The Bertz CT molecular complexity index is 305. The van der Waals surface area contributed by atoms with Gasteiger partial charge in [-0.25, -0.2) is 0 Å². The molecule has 0 saturated carbocycles. The summed E-state index contributed by atoms with van der Waals surface area (Å²) in [5.74, 6) is 0. The van der Waals surface area contributed by atoms with Gasteiger partial charge >= 0.3 is 0 Å². The Balaban J connectivity index is 2.83. The summed E-state index contributed by atoms with van der Waals surface area (Å²) >= 11 is 0. The van der Waals surface area contributed by atoms with Crippen LogP contribution in [0, 0.1) is 0 Å². The Morgan fingerprint density at radius 2 is 2.06 bits per heavy atom. The van der Waals surface area contributed by atoms with Gasteiger partial charge in [0.25, 0.3) is 0 Å². The van der Waals surface area contributed by atoms with Gasteiger partial charge in [0.05, 0.1) is 6.61 Å². The maximum absolute atomic E-state index is 5.91. The van der Waals surface area contributed by atoms with Crippen molar-refractivity contribution in [2.75, 3.05) is 26.8 Å². The van der Waals surface area contributed by atoms with Crippen LogP contribution in [-0.4, -0.2) is 42.7 Å².